The first-order valence-corrected chi connectivity index (χ1v) is 9.57. The zero-order valence-corrected chi connectivity index (χ0v) is 14.9. The molecule has 2 aromatic carbocycles. The second-order valence-electron chi connectivity index (χ2n) is 5.07. The van der Waals surface area contributed by atoms with Crippen LogP contribution in [-0.2, 0) is 21.4 Å². The van der Waals surface area contributed by atoms with Gasteiger partial charge in [-0.15, -0.1) is 11.3 Å². The van der Waals surface area contributed by atoms with Crippen LogP contribution in [0.15, 0.2) is 53.4 Å². The van der Waals surface area contributed by atoms with Gasteiger partial charge in [0.1, 0.15) is 5.01 Å². The average molecular weight is 377 g/mol. The van der Waals surface area contributed by atoms with Gasteiger partial charge in [-0.1, -0.05) is 17.0 Å². The van der Waals surface area contributed by atoms with E-state index in [0.29, 0.717) is 12.1 Å². The van der Waals surface area contributed by atoms with E-state index in [0.717, 1.165) is 15.2 Å². The molecule has 0 saturated heterocycles. The van der Waals surface area contributed by atoms with Gasteiger partial charge in [0, 0.05) is 5.56 Å². The molecule has 0 atom stereocenters. The molecule has 0 bridgehead atoms. The molecule has 0 spiro atoms. The first-order chi connectivity index (χ1) is 12.0. The lowest BCUT2D eigenvalue weighted by Crippen LogP contribution is -2.24. The molecule has 0 unspecified atom stereocenters. The minimum absolute atomic E-state index is 0.0112. The van der Waals surface area contributed by atoms with Crippen LogP contribution in [0.2, 0.25) is 0 Å². The van der Waals surface area contributed by atoms with Gasteiger partial charge >= 0.3 is 0 Å². The lowest BCUT2D eigenvalue weighted by atomic mass is 10.2. The predicted molar refractivity (Wildman–Crippen MR) is 94.6 cm³/mol. The summed E-state index contributed by atoms with van der Waals surface area (Å²) >= 11 is 1.52. The number of thiazole rings is 1. The SMILES string of the molecule is CONS(=O)(=O)c1ccc(C(=O)NCc2nc3ccccc3s2)cc1. The molecule has 0 aliphatic carbocycles. The molecule has 0 radical (unpaired) electrons. The summed E-state index contributed by atoms with van der Waals surface area (Å²) in [6.07, 6.45) is 0. The molecule has 7 nitrogen and oxygen atoms in total. The van der Waals surface area contributed by atoms with Crippen molar-refractivity contribution in [3.05, 3.63) is 59.1 Å². The zero-order valence-electron chi connectivity index (χ0n) is 13.2. The topological polar surface area (TPSA) is 97.4 Å². The lowest BCUT2D eigenvalue weighted by Gasteiger charge is -2.06. The first kappa shape index (κ1) is 17.5. The van der Waals surface area contributed by atoms with Gasteiger partial charge in [0.15, 0.2) is 0 Å². The summed E-state index contributed by atoms with van der Waals surface area (Å²) in [6, 6.07) is 13.3. The van der Waals surface area contributed by atoms with E-state index in [1.54, 1.807) is 0 Å². The van der Waals surface area contributed by atoms with E-state index in [1.807, 2.05) is 29.2 Å². The molecule has 1 aromatic heterocycles. The van der Waals surface area contributed by atoms with Crippen molar-refractivity contribution < 1.29 is 18.0 Å². The first-order valence-electron chi connectivity index (χ1n) is 7.27. The zero-order chi connectivity index (χ0) is 17.9. The van der Waals surface area contributed by atoms with Gasteiger partial charge in [0.25, 0.3) is 15.9 Å². The number of fused-ring (bicyclic) bond motifs is 1. The number of nitrogens with zero attached hydrogens (tertiary/aromatic N) is 1. The molecule has 9 heteroatoms. The summed E-state index contributed by atoms with van der Waals surface area (Å²) in [6.45, 7) is 0.309. The van der Waals surface area contributed by atoms with E-state index < -0.39 is 10.0 Å². The lowest BCUT2D eigenvalue weighted by molar-refractivity contribution is 0.0951. The van der Waals surface area contributed by atoms with Crippen molar-refractivity contribution in [3.8, 4) is 0 Å². The Morgan fingerprint density at radius 1 is 1.16 bits per heavy atom. The number of para-hydroxylation sites is 1. The van der Waals surface area contributed by atoms with Crippen molar-refractivity contribution >= 4 is 37.5 Å². The Balaban J connectivity index is 1.67. The van der Waals surface area contributed by atoms with E-state index in [4.69, 9.17) is 0 Å². The van der Waals surface area contributed by atoms with E-state index in [-0.39, 0.29) is 10.8 Å². The molecule has 2 N–H and O–H groups in total. The average Bonchev–Trinajstić information content (AvgIpc) is 3.02. The fourth-order valence-corrected chi connectivity index (χ4v) is 3.91. The van der Waals surface area contributed by atoms with Gasteiger partial charge in [0.2, 0.25) is 0 Å². The summed E-state index contributed by atoms with van der Waals surface area (Å²) in [5.74, 6) is -0.303. The van der Waals surface area contributed by atoms with Gasteiger partial charge in [-0.3, -0.25) is 9.63 Å². The second kappa shape index (κ2) is 7.28. The number of carbonyl (C=O) groups is 1. The second-order valence-corrected chi connectivity index (χ2v) is 7.83. The van der Waals surface area contributed by atoms with Gasteiger partial charge in [-0.25, -0.2) is 13.4 Å². The van der Waals surface area contributed by atoms with Crippen LogP contribution in [0.4, 0.5) is 0 Å². The van der Waals surface area contributed by atoms with Crippen molar-refractivity contribution in [3.63, 3.8) is 0 Å². The molecule has 0 fully saturated rings. The third-order valence-corrected chi connectivity index (χ3v) is 5.67. The fraction of sp³-hybridized carbons (Fsp3) is 0.125. The molecule has 0 saturated carbocycles. The third-order valence-electron chi connectivity index (χ3n) is 3.36. The van der Waals surface area contributed by atoms with Gasteiger partial charge < -0.3 is 5.32 Å². The number of rotatable bonds is 6. The van der Waals surface area contributed by atoms with E-state index >= 15 is 0 Å². The normalized spacial score (nSPS) is 11.6. The minimum atomic E-state index is -3.74. The van der Waals surface area contributed by atoms with Crippen LogP contribution in [0, 0.1) is 0 Å². The van der Waals surface area contributed by atoms with Gasteiger partial charge in [-0.05, 0) is 36.4 Å². The minimum Gasteiger partial charge on any atom is -0.346 e. The van der Waals surface area contributed by atoms with Crippen molar-refractivity contribution in [2.45, 2.75) is 11.4 Å². The fourth-order valence-electron chi connectivity index (χ4n) is 2.20. The Bertz CT molecular complexity index is 965. The summed E-state index contributed by atoms with van der Waals surface area (Å²) in [7, 11) is -2.53. The van der Waals surface area contributed by atoms with E-state index in [2.05, 4.69) is 15.1 Å². The number of hydrogen-bond donors (Lipinski definition) is 2. The summed E-state index contributed by atoms with van der Waals surface area (Å²) in [4.78, 5) is 23.0. The number of benzene rings is 2. The molecule has 3 rings (SSSR count). The number of amides is 1. The molecule has 0 aliphatic heterocycles. The highest BCUT2D eigenvalue weighted by atomic mass is 32.2. The van der Waals surface area contributed by atoms with Crippen molar-refractivity contribution in [2.24, 2.45) is 0 Å². The number of nitrogens with one attached hydrogen (secondary N) is 2. The molecule has 0 aliphatic rings. The summed E-state index contributed by atoms with van der Waals surface area (Å²) < 4.78 is 24.6. The highest BCUT2D eigenvalue weighted by molar-refractivity contribution is 7.89. The van der Waals surface area contributed by atoms with Gasteiger partial charge in [-0.2, -0.15) is 0 Å². The van der Waals surface area contributed by atoms with Crippen LogP contribution in [0.25, 0.3) is 10.2 Å². The standard InChI is InChI=1S/C16H15N3O4S2/c1-23-19-25(21,22)12-8-6-11(7-9-12)16(20)17-10-15-18-13-4-2-3-5-14(13)24-15/h2-9,19H,10H2,1H3,(H,17,20). The van der Waals surface area contributed by atoms with Crippen LogP contribution < -0.4 is 10.2 Å². The Labute approximate surface area is 148 Å². The number of carbonyl (C=O) groups excluding carboxylic acids is 1. The van der Waals surface area contributed by atoms with Gasteiger partial charge in [0.05, 0.1) is 28.8 Å². The summed E-state index contributed by atoms with van der Waals surface area (Å²) in [5.41, 5.74) is 1.26. The van der Waals surface area contributed by atoms with Crippen LogP contribution in [0.5, 0.6) is 0 Å². The van der Waals surface area contributed by atoms with E-state index in [1.165, 1.54) is 42.7 Å². The Morgan fingerprint density at radius 3 is 2.56 bits per heavy atom. The maximum absolute atomic E-state index is 12.2. The van der Waals surface area contributed by atoms with Crippen molar-refractivity contribution in [2.75, 3.05) is 7.11 Å². The smallest absolute Gasteiger partial charge is 0.262 e. The van der Waals surface area contributed by atoms with E-state index in [9.17, 15) is 13.2 Å². The maximum atomic E-state index is 12.2. The Hall–Kier alpha value is -2.33. The van der Waals surface area contributed by atoms with Crippen LogP contribution in [-0.4, -0.2) is 26.4 Å². The molecular formula is C16H15N3O4S2. The number of hydrogen-bond acceptors (Lipinski definition) is 6. The van der Waals surface area contributed by atoms with Crippen LogP contribution in [0.3, 0.4) is 0 Å². The Kier molecular flexibility index (Phi) is 5.09. The highest BCUT2D eigenvalue weighted by Gasteiger charge is 2.14. The number of aromatic nitrogens is 1. The molecule has 1 amide bonds. The molecule has 25 heavy (non-hydrogen) atoms. The quantitative estimate of drug-likeness (QED) is 0.641. The van der Waals surface area contributed by atoms with Crippen molar-refractivity contribution in [1.29, 1.82) is 0 Å². The number of sulfonamides is 1. The van der Waals surface area contributed by atoms with Crippen LogP contribution in [0.1, 0.15) is 15.4 Å². The van der Waals surface area contributed by atoms with Crippen molar-refractivity contribution in [1.82, 2.24) is 15.2 Å². The maximum Gasteiger partial charge on any atom is 0.262 e. The molecule has 130 valence electrons. The highest BCUT2D eigenvalue weighted by Crippen LogP contribution is 2.21. The molecule has 3 aromatic rings. The third kappa shape index (κ3) is 4.02. The summed E-state index contributed by atoms with van der Waals surface area (Å²) in [5, 5.41) is 3.58. The predicted octanol–water partition coefficient (Wildman–Crippen LogP) is 2.07. The monoisotopic (exact) mass is 377 g/mol. The molecular weight excluding hydrogens is 362 g/mol. The largest absolute Gasteiger partial charge is 0.346 e. The Morgan fingerprint density at radius 2 is 1.88 bits per heavy atom. The van der Waals surface area contributed by atoms with Crippen LogP contribution >= 0.6 is 11.3 Å². The molecule has 1 heterocycles.